The van der Waals surface area contributed by atoms with E-state index >= 15 is 0 Å². The van der Waals surface area contributed by atoms with Gasteiger partial charge in [-0.3, -0.25) is 0 Å². The highest BCUT2D eigenvalue weighted by Gasteiger charge is 2.20. The Morgan fingerprint density at radius 2 is 1.93 bits per heavy atom. The zero-order valence-electron chi connectivity index (χ0n) is 9.14. The summed E-state index contributed by atoms with van der Waals surface area (Å²) in [6.45, 7) is 5.14. The number of benzene rings is 1. The number of nitrogens with two attached hydrogens (primary N) is 1. The fourth-order valence-electron chi connectivity index (χ4n) is 2.11. The zero-order chi connectivity index (χ0) is 10.2. The molecule has 0 aliphatic heterocycles. The first-order valence-corrected chi connectivity index (χ1v) is 5.46. The summed E-state index contributed by atoms with van der Waals surface area (Å²) in [6.07, 6.45) is 3.84. The van der Waals surface area contributed by atoms with E-state index in [0.717, 1.165) is 0 Å². The molecule has 0 atom stereocenters. The molecule has 76 valence electrons. The highest BCUT2D eigenvalue weighted by molar-refractivity contribution is 5.38. The van der Waals surface area contributed by atoms with Gasteiger partial charge < -0.3 is 5.73 Å². The summed E-state index contributed by atoms with van der Waals surface area (Å²) in [5.41, 5.74) is 10.4. The van der Waals surface area contributed by atoms with Gasteiger partial charge in [-0.2, -0.15) is 0 Å². The first-order chi connectivity index (χ1) is 6.63. The van der Waals surface area contributed by atoms with Gasteiger partial charge in [-0.15, -0.1) is 0 Å². The van der Waals surface area contributed by atoms with Crippen LogP contribution in [0.3, 0.4) is 0 Å². The maximum absolute atomic E-state index is 5.78. The molecule has 0 unspecified atom stereocenters. The van der Waals surface area contributed by atoms with Crippen molar-refractivity contribution in [3.63, 3.8) is 0 Å². The number of fused-ring (bicyclic) bond motifs is 1. The van der Waals surface area contributed by atoms with Crippen LogP contribution in [0.1, 0.15) is 37.0 Å². The Labute approximate surface area is 86.3 Å². The van der Waals surface area contributed by atoms with Crippen LogP contribution in [0.5, 0.6) is 0 Å². The molecule has 2 rings (SSSR count). The van der Waals surface area contributed by atoms with Crippen LogP contribution >= 0.6 is 0 Å². The van der Waals surface area contributed by atoms with E-state index in [9.17, 15) is 0 Å². The number of aryl methyl sites for hydroxylation is 2. The zero-order valence-corrected chi connectivity index (χ0v) is 9.14. The Balaban J connectivity index is 2.38. The fourth-order valence-corrected chi connectivity index (χ4v) is 2.11. The summed E-state index contributed by atoms with van der Waals surface area (Å²) in [4.78, 5) is 0. The van der Waals surface area contributed by atoms with Crippen molar-refractivity contribution in [2.24, 2.45) is 5.73 Å². The summed E-state index contributed by atoms with van der Waals surface area (Å²) in [5, 5.41) is 0. The average Bonchev–Trinajstić information content (AvgIpc) is 2.64. The largest absolute Gasteiger partial charge is 0.330 e. The van der Waals surface area contributed by atoms with Crippen molar-refractivity contribution in [3.05, 3.63) is 34.9 Å². The number of hydrogen-bond donors (Lipinski definition) is 1. The maximum Gasteiger partial charge on any atom is 0.00191 e. The second kappa shape index (κ2) is 3.39. The van der Waals surface area contributed by atoms with E-state index in [1.807, 2.05) is 0 Å². The normalized spacial score (nSPS) is 15.6. The van der Waals surface area contributed by atoms with E-state index < -0.39 is 0 Å². The smallest absolute Gasteiger partial charge is 0.00191 e. The van der Waals surface area contributed by atoms with Crippen molar-refractivity contribution in [1.82, 2.24) is 0 Å². The molecule has 0 spiro atoms. The van der Waals surface area contributed by atoms with Crippen LogP contribution in [-0.4, -0.2) is 6.54 Å². The molecular weight excluding hydrogens is 170 g/mol. The van der Waals surface area contributed by atoms with Gasteiger partial charge in [0, 0.05) is 12.0 Å². The first kappa shape index (κ1) is 9.72. The van der Waals surface area contributed by atoms with E-state index in [2.05, 4.69) is 32.0 Å². The lowest BCUT2D eigenvalue weighted by Crippen LogP contribution is -2.28. The third-order valence-corrected chi connectivity index (χ3v) is 3.39. The number of hydrogen-bond acceptors (Lipinski definition) is 1. The first-order valence-electron chi connectivity index (χ1n) is 5.46. The molecule has 1 aliphatic rings. The van der Waals surface area contributed by atoms with E-state index in [1.54, 1.807) is 11.1 Å². The molecule has 1 aliphatic carbocycles. The Kier molecular flexibility index (Phi) is 2.36. The van der Waals surface area contributed by atoms with Crippen LogP contribution in [0.4, 0.5) is 0 Å². The highest BCUT2D eigenvalue weighted by atomic mass is 14.6. The van der Waals surface area contributed by atoms with Crippen LogP contribution in [-0.2, 0) is 18.3 Å². The standard InChI is InChI=1S/C13H19N/c1-13(2,9-14)12-7-6-10-4-3-5-11(10)8-12/h6-8H,3-5,9,14H2,1-2H3. The van der Waals surface area contributed by atoms with E-state index in [4.69, 9.17) is 5.73 Å². The molecule has 1 nitrogen and oxygen atoms in total. The van der Waals surface area contributed by atoms with Gasteiger partial charge >= 0.3 is 0 Å². The minimum absolute atomic E-state index is 0.123. The number of rotatable bonds is 2. The fraction of sp³-hybridized carbons (Fsp3) is 0.538. The van der Waals surface area contributed by atoms with Gasteiger partial charge in [0.05, 0.1) is 0 Å². The van der Waals surface area contributed by atoms with Crippen molar-refractivity contribution in [3.8, 4) is 0 Å². The molecule has 0 saturated heterocycles. The van der Waals surface area contributed by atoms with E-state index in [1.165, 1.54) is 24.8 Å². The molecule has 1 heteroatoms. The summed E-state index contributed by atoms with van der Waals surface area (Å²) in [5.74, 6) is 0. The molecular formula is C13H19N. The van der Waals surface area contributed by atoms with Crippen molar-refractivity contribution in [1.29, 1.82) is 0 Å². The molecule has 0 heterocycles. The molecule has 0 radical (unpaired) electrons. The van der Waals surface area contributed by atoms with Gasteiger partial charge in [0.15, 0.2) is 0 Å². The van der Waals surface area contributed by atoms with Gasteiger partial charge in [0.2, 0.25) is 0 Å². The third kappa shape index (κ3) is 1.57. The SMILES string of the molecule is CC(C)(CN)c1ccc2c(c1)CCC2. The summed E-state index contributed by atoms with van der Waals surface area (Å²) >= 11 is 0. The van der Waals surface area contributed by atoms with Gasteiger partial charge in [-0.1, -0.05) is 32.0 Å². The van der Waals surface area contributed by atoms with Crippen molar-refractivity contribution < 1.29 is 0 Å². The molecule has 2 N–H and O–H groups in total. The molecule has 0 bridgehead atoms. The van der Waals surface area contributed by atoms with Crippen LogP contribution in [0.15, 0.2) is 18.2 Å². The van der Waals surface area contributed by atoms with Gasteiger partial charge in [0.25, 0.3) is 0 Å². The Morgan fingerprint density at radius 1 is 1.21 bits per heavy atom. The molecule has 0 aromatic heterocycles. The second-order valence-corrected chi connectivity index (χ2v) is 4.93. The molecule has 0 amide bonds. The molecule has 1 aromatic rings. The summed E-state index contributed by atoms with van der Waals surface area (Å²) < 4.78 is 0. The van der Waals surface area contributed by atoms with Crippen LogP contribution < -0.4 is 5.73 Å². The van der Waals surface area contributed by atoms with Crippen LogP contribution in [0.2, 0.25) is 0 Å². The Hall–Kier alpha value is -0.820. The quantitative estimate of drug-likeness (QED) is 0.759. The van der Waals surface area contributed by atoms with Gasteiger partial charge in [0.1, 0.15) is 0 Å². The minimum atomic E-state index is 0.123. The van der Waals surface area contributed by atoms with Crippen molar-refractivity contribution in [2.45, 2.75) is 38.5 Å². The monoisotopic (exact) mass is 189 g/mol. The van der Waals surface area contributed by atoms with Gasteiger partial charge in [-0.25, -0.2) is 0 Å². The molecule has 0 fully saturated rings. The summed E-state index contributed by atoms with van der Waals surface area (Å²) in [6, 6.07) is 6.89. The van der Waals surface area contributed by atoms with Crippen molar-refractivity contribution >= 4 is 0 Å². The lowest BCUT2D eigenvalue weighted by Gasteiger charge is -2.23. The predicted octanol–water partition coefficient (Wildman–Crippen LogP) is 2.41. The summed E-state index contributed by atoms with van der Waals surface area (Å²) in [7, 11) is 0. The maximum atomic E-state index is 5.78. The van der Waals surface area contributed by atoms with Crippen molar-refractivity contribution in [2.75, 3.05) is 6.54 Å². The van der Waals surface area contributed by atoms with Crippen LogP contribution in [0.25, 0.3) is 0 Å². The molecule has 0 saturated carbocycles. The minimum Gasteiger partial charge on any atom is -0.330 e. The predicted molar refractivity (Wildman–Crippen MR) is 60.5 cm³/mol. The Morgan fingerprint density at radius 3 is 2.64 bits per heavy atom. The lowest BCUT2D eigenvalue weighted by molar-refractivity contribution is 0.538. The van der Waals surface area contributed by atoms with E-state index in [0.29, 0.717) is 6.54 Å². The Bertz CT molecular complexity index is 339. The molecule has 1 aromatic carbocycles. The second-order valence-electron chi connectivity index (χ2n) is 4.93. The lowest BCUT2D eigenvalue weighted by atomic mass is 9.83. The molecule has 14 heavy (non-hydrogen) atoms. The van der Waals surface area contributed by atoms with E-state index in [-0.39, 0.29) is 5.41 Å². The average molecular weight is 189 g/mol. The third-order valence-electron chi connectivity index (χ3n) is 3.39. The van der Waals surface area contributed by atoms with Gasteiger partial charge in [-0.05, 0) is 36.0 Å². The van der Waals surface area contributed by atoms with Crippen LogP contribution in [0, 0.1) is 0 Å². The highest BCUT2D eigenvalue weighted by Crippen LogP contribution is 2.28. The topological polar surface area (TPSA) is 26.0 Å².